The fraction of sp³-hybridized carbons (Fsp3) is 0.714. The quantitative estimate of drug-likeness (QED) is 0.294. The molecule has 0 saturated carbocycles. The zero-order chi connectivity index (χ0) is 14.9. The van der Waals surface area contributed by atoms with Crippen LogP contribution in [0.25, 0.3) is 0 Å². The van der Waals surface area contributed by atoms with Crippen molar-refractivity contribution in [2.45, 2.75) is 32.4 Å². The summed E-state index contributed by atoms with van der Waals surface area (Å²) >= 11 is 1.70. The van der Waals surface area contributed by atoms with E-state index in [1.807, 2.05) is 6.20 Å². The number of nitrogens with one attached hydrogen (secondary N) is 2. The number of aryl methyl sites for hydroxylation is 1. The van der Waals surface area contributed by atoms with Crippen LogP contribution < -0.4 is 10.6 Å². The Morgan fingerprint density at radius 1 is 1.55 bits per heavy atom. The Kier molecular flexibility index (Phi) is 9.92. The second-order valence-electron chi connectivity index (χ2n) is 4.93. The highest BCUT2D eigenvalue weighted by atomic mass is 127. The molecule has 0 aliphatic carbocycles. The fourth-order valence-electron chi connectivity index (χ4n) is 2.04. The maximum Gasteiger partial charge on any atom is 0.191 e. The molecular formula is C14H25IN4O2S. The van der Waals surface area contributed by atoms with Crippen molar-refractivity contribution >= 4 is 41.3 Å². The van der Waals surface area contributed by atoms with E-state index in [2.05, 4.69) is 27.5 Å². The van der Waals surface area contributed by atoms with Gasteiger partial charge in [0.1, 0.15) is 5.01 Å². The van der Waals surface area contributed by atoms with Gasteiger partial charge < -0.3 is 20.1 Å². The molecule has 2 rings (SSSR count). The second-order valence-corrected chi connectivity index (χ2v) is 6.25. The van der Waals surface area contributed by atoms with Gasteiger partial charge in [0.05, 0.1) is 19.3 Å². The van der Waals surface area contributed by atoms with Gasteiger partial charge in [0.2, 0.25) is 0 Å². The summed E-state index contributed by atoms with van der Waals surface area (Å²) in [6.45, 7) is 5.92. The van der Waals surface area contributed by atoms with E-state index in [4.69, 9.17) is 9.47 Å². The van der Waals surface area contributed by atoms with Gasteiger partial charge in [-0.05, 0) is 19.8 Å². The lowest BCUT2D eigenvalue weighted by Gasteiger charge is -2.12. The van der Waals surface area contributed by atoms with E-state index < -0.39 is 0 Å². The highest BCUT2D eigenvalue weighted by molar-refractivity contribution is 14.0. The summed E-state index contributed by atoms with van der Waals surface area (Å²) < 4.78 is 11.0. The minimum atomic E-state index is 0. The van der Waals surface area contributed by atoms with E-state index in [1.165, 1.54) is 4.88 Å². The Balaban J connectivity index is 0.00000242. The molecule has 1 aliphatic heterocycles. The SMILES string of the molecule is CN=C(NCCCOC1CCOC1)NCc1ncc(C)s1.I. The van der Waals surface area contributed by atoms with Gasteiger partial charge >= 0.3 is 0 Å². The van der Waals surface area contributed by atoms with Gasteiger partial charge in [-0.3, -0.25) is 4.99 Å². The van der Waals surface area contributed by atoms with Crippen molar-refractivity contribution in [1.82, 2.24) is 15.6 Å². The molecule has 1 aromatic heterocycles. The number of aliphatic imine (C=N–C) groups is 1. The van der Waals surface area contributed by atoms with Crippen molar-refractivity contribution in [3.05, 3.63) is 16.1 Å². The second kappa shape index (κ2) is 11.1. The Morgan fingerprint density at radius 2 is 2.41 bits per heavy atom. The zero-order valence-electron chi connectivity index (χ0n) is 13.1. The molecule has 0 aromatic carbocycles. The van der Waals surface area contributed by atoms with Crippen LogP contribution in [0.2, 0.25) is 0 Å². The molecule has 2 heterocycles. The lowest BCUT2D eigenvalue weighted by molar-refractivity contribution is 0.0420. The van der Waals surface area contributed by atoms with Gasteiger partial charge in [-0.1, -0.05) is 0 Å². The van der Waals surface area contributed by atoms with E-state index in [0.29, 0.717) is 6.54 Å². The number of guanidine groups is 1. The van der Waals surface area contributed by atoms with Crippen LogP contribution in [0.4, 0.5) is 0 Å². The van der Waals surface area contributed by atoms with Crippen LogP contribution in [-0.2, 0) is 16.0 Å². The molecule has 0 bridgehead atoms. The van der Waals surface area contributed by atoms with Crippen LogP contribution in [0.5, 0.6) is 0 Å². The van der Waals surface area contributed by atoms with Crippen LogP contribution >= 0.6 is 35.3 Å². The molecule has 1 atom stereocenters. The third-order valence-corrected chi connectivity index (χ3v) is 4.07. The molecule has 6 nitrogen and oxygen atoms in total. The van der Waals surface area contributed by atoms with Crippen LogP contribution in [0.3, 0.4) is 0 Å². The van der Waals surface area contributed by atoms with E-state index in [0.717, 1.165) is 50.2 Å². The topological polar surface area (TPSA) is 67.8 Å². The number of thiazole rings is 1. The maximum atomic E-state index is 5.72. The number of rotatable bonds is 7. The number of ether oxygens (including phenoxy) is 2. The van der Waals surface area contributed by atoms with Crippen molar-refractivity contribution in [3.63, 3.8) is 0 Å². The number of hydrogen-bond donors (Lipinski definition) is 2. The van der Waals surface area contributed by atoms with Gasteiger partial charge in [0.15, 0.2) is 5.96 Å². The molecule has 1 aromatic rings. The third kappa shape index (κ3) is 7.21. The average Bonchev–Trinajstić information content (AvgIpc) is 3.13. The molecule has 2 N–H and O–H groups in total. The standard InChI is InChI=1S/C14H24N4O2S.HI/c1-11-8-17-13(21-11)9-18-14(15-2)16-5-3-6-20-12-4-7-19-10-12;/h8,12H,3-7,9-10H2,1-2H3,(H2,15,16,18);1H. The van der Waals surface area contributed by atoms with Gasteiger partial charge in [-0.2, -0.15) is 0 Å². The summed E-state index contributed by atoms with van der Waals surface area (Å²) in [4.78, 5) is 9.74. The highest BCUT2D eigenvalue weighted by Gasteiger charge is 2.15. The molecule has 126 valence electrons. The molecule has 22 heavy (non-hydrogen) atoms. The molecule has 8 heteroatoms. The molecule has 1 fully saturated rings. The monoisotopic (exact) mass is 440 g/mol. The van der Waals surface area contributed by atoms with Crippen molar-refractivity contribution in [3.8, 4) is 0 Å². The first kappa shape index (κ1) is 19.6. The Labute approximate surface area is 153 Å². The third-order valence-electron chi connectivity index (χ3n) is 3.15. The summed E-state index contributed by atoms with van der Waals surface area (Å²) in [6.07, 6.45) is 4.15. The first-order valence-corrected chi connectivity index (χ1v) is 8.14. The molecule has 0 amide bonds. The van der Waals surface area contributed by atoms with Crippen LogP contribution in [-0.4, -0.2) is 50.5 Å². The number of halogens is 1. The number of aromatic nitrogens is 1. The fourth-order valence-corrected chi connectivity index (χ4v) is 2.76. The smallest absolute Gasteiger partial charge is 0.191 e. The van der Waals surface area contributed by atoms with Crippen LogP contribution in [0.15, 0.2) is 11.2 Å². The first-order valence-electron chi connectivity index (χ1n) is 7.33. The summed E-state index contributed by atoms with van der Waals surface area (Å²) in [5, 5.41) is 7.60. The average molecular weight is 440 g/mol. The molecule has 0 radical (unpaired) electrons. The van der Waals surface area contributed by atoms with Crippen LogP contribution in [0.1, 0.15) is 22.7 Å². The minimum absolute atomic E-state index is 0. The van der Waals surface area contributed by atoms with Gasteiger partial charge in [-0.25, -0.2) is 4.98 Å². The highest BCUT2D eigenvalue weighted by Crippen LogP contribution is 2.10. The zero-order valence-corrected chi connectivity index (χ0v) is 16.3. The molecule has 1 saturated heterocycles. The predicted octanol–water partition coefficient (Wildman–Crippen LogP) is 1.93. The largest absolute Gasteiger partial charge is 0.379 e. The Bertz CT molecular complexity index is 450. The summed E-state index contributed by atoms with van der Waals surface area (Å²) in [6, 6.07) is 0. The first-order chi connectivity index (χ1) is 10.3. The molecule has 0 spiro atoms. The summed E-state index contributed by atoms with van der Waals surface area (Å²) in [5.41, 5.74) is 0. The van der Waals surface area contributed by atoms with E-state index >= 15 is 0 Å². The molecule has 1 aliphatic rings. The van der Waals surface area contributed by atoms with Crippen molar-refractivity contribution in [2.24, 2.45) is 4.99 Å². The van der Waals surface area contributed by atoms with E-state index in [-0.39, 0.29) is 30.1 Å². The summed E-state index contributed by atoms with van der Waals surface area (Å²) in [5.74, 6) is 0.798. The molecule has 1 unspecified atom stereocenters. The van der Waals surface area contributed by atoms with Crippen molar-refractivity contribution < 1.29 is 9.47 Å². The van der Waals surface area contributed by atoms with Crippen LogP contribution in [0, 0.1) is 6.92 Å². The summed E-state index contributed by atoms with van der Waals surface area (Å²) in [7, 11) is 1.77. The lowest BCUT2D eigenvalue weighted by Crippen LogP contribution is -2.37. The Hall–Kier alpha value is -0.450. The van der Waals surface area contributed by atoms with Crippen molar-refractivity contribution in [1.29, 1.82) is 0 Å². The molecular weight excluding hydrogens is 415 g/mol. The predicted molar refractivity (Wildman–Crippen MR) is 100 cm³/mol. The van der Waals surface area contributed by atoms with Gasteiger partial charge in [0, 0.05) is 37.9 Å². The Morgan fingerprint density at radius 3 is 3.05 bits per heavy atom. The van der Waals surface area contributed by atoms with Gasteiger partial charge in [0.25, 0.3) is 0 Å². The maximum absolute atomic E-state index is 5.72. The van der Waals surface area contributed by atoms with E-state index in [9.17, 15) is 0 Å². The normalized spacial score (nSPS) is 18.1. The minimum Gasteiger partial charge on any atom is -0.379 e. The van der Waals surface area contributed by atoms with E-state index in [1.54, 1.807) is 18.4 Å². The lowest BCUT2D eigenvalue weighted by atomic mass is 10.3. The van der Waals surface area contributed by atoms with Crippen molar-refractivity contribution in [2.75, 3.05) is 33.4 Å². The number of hydrogen-bond acceptors (Lipinski definition) is 5. The van der Waals surface area contributed by atoms with Gasteiger partial charge in [-0.15, -0.1) is 35.3 Å². The number of nitrogens with zero attached hydrogens (tertiary/aromatic N) is 2.